The number of aliphatic carboxylic acids is 1. The van der Waals surface area contributed by atoms with Crippen LogP contribution in [-0.4, -0.2) is 40.6 Å². The van der Waals surface area contributed by atoms with Crippen LogP contribution in [0.5, 0.6) is 0 Å². The Hall–Kier alpha value is -1.90. The number of piperidine rings is 1. The molecule has 0 unspecified atom stereocenters. The molecule has 0 aliphatic carbocycles. The number of rotatable bonds is 6. The zero-order valence-electron chi connectivity index (χ0n) is 12.3. The monoisotopic (exact) mass is 291 g/mol. The highest BCUT2D eigenvalue weighted by atomic mass is 16.4. The lowest BCUT2D eigenvalue weighted by Gasteiger charge is -2.36. The maximum Gasteiger partial charge on any atom is 0.309 e. The third kappa shape index (κ3) is 3.60. The van der Waals surface area contributed by atoms with Gasteiger partial charge in [0, 0.05) is 38.8 Å². The summed E-state index contributed by atoms with van der Waals surface area (Å²) in [6.45, 7) is 2.76. The third-order valence-electron chi connectivity index (χ3n) is 4.53. The first-order chi connectivity index (χ1) is 9.91. The Morgan fingerprint density at radius 3 is 2.38 bits per heavy atom. The van der Waals surface area contributed by atoms with Crippen molar-refractivity contribution in [1.82, 2.24) is 4.90 Å². The van der Waals surface area contributed by atoms with Gasteiger partial charge in [-0.25, -0.2) is 0 Å². The maximum absolute atomic E-state index is 12.2. The van der Waals surface area contributed by atoms with E-state index in [9.17, 15) is 14.7 Å². The molecule has 0 aromatic rings. The molecule has 0 spiro atoms. The molecule has 2 heterocycles. The highest BCUT2D eigenvalue weighted by molar-refractivity contribution is 5.78. The SMILES string of the molecule is C#CCCC1(CCC(=O)N2CCC(C)(C(=O)O)CC2)N=N1. The summed E-state index contributed by atoms with van der Waals surface area (Å²) in [4.78, 5) is 25.1. The molecule has 1 saturated heterocycles. The zero-order valence-corrected chi connectivity index (χ0v) is 12.3. The fraction of sp³-hybridized carbons (Fsp3) is 0.733. The van der Waals surface area contributed by atoms with Crippen LogP contribution in [0.4, 0.5) is 0 Å². The summed E-state index contributed by atoms with van der Waals surface area (Å²) >= 11 is 0. The Bertz CT molecular complexity index is 493. The number of amides is 1. The fourth-order valence-electron chi connectivity index (χ4n) is 2.60. The Labute approximate surface area is 124 Å². The number of hydrogen-bond acceptors (Lipinski definition) is 4. The smallest absolute Gasteiger partial charge is 0.309 e. The number of hydrogen-bond donors (Lipinski definition) is 1. The summed E-state index contributed by atoms with van der Waals surface area (Å²) in [5, 5.41) is 17.2. The van der Waals surface area contributed by atoms with Crippen molar-refractivity contribution < 1.29 is 14.7 Å². The lowest BCUT2D eigenvalue weighted by atomic mass is 9.80. The summed E-state index contributed by atoms with van der Waals surface area (Å²) in [6, 6.07) is 0. The first-order valence-corrected chi connectivity index (χ1v) is 7.30. The zero-order chi connectivity index (χ0) is 15.5. The minimum absolute atomic E-state index is 0.0554. The summed E-state index contributed by atoms with van der Waals surface area (Å²) in [7, 11) is 0. The number of carbonyl (C=O) groups excluding carboxylic acids is 1. The number of carbonyl (C=O) groups is 2. The highest BCUT2D eigenvalue weighted by Crippen LogP contribution is 2.38. The molecule has 0 aromatic heterocycles. The Morgan fingerprint density at radius 1 is 1.29 bits per heavy atom. The first kappa shape index (κ1) is 15.5. The normalized spacial score (nSPS) is 21.6. The van der Waals surface area contributed by atoms with Gasteiger partial charge in [-0.1, -0.05) is 0 Å². The van der Waals surface area contributed by atoms with Crippen molar-refractivity contribution in [2.45, 2.75) is 51.1 Å². The van der Waals surface area contributed by atoms with Gasteiger partial charge in [0.2, 0.25) is 5.91 Å². The molecule has 2 aliphatic heterocycles. The van der Waals surface area contributed by atoms with Gasteiger partial charge in [0.1, 0.15) is 0 Å². The second-order valence-electron chi connectivity index (χ2n) is 6.13. The van der Waals surface area contributed by atoms with Gasteiger partial charge in [-0.15, -0.1) is 12.3 Å². The molecule has 6 heteroatoms. The predicted octanol–water partition coefficient (Wildman–Crippen LogP) is 2.06. The van der Waals surface area contributed by atoms with E-state index in [-0.39, 0.29) is 5.91 Å². The van der Waals surface area contributed by atoms with Crippen molar-refractivity contribution in [1.29, 1.82) is 0 Å². The van der Waals surface area contributed by atoms with Crippen LogP contribution in [0.2, 0.25) is 0 Å². The van der Waals surface area contributed by atoms with Crippen LogP contribution >= 0.6 is 0 Å². The lowest BCUT2D eigenvalue weighted by Crippen LogP contribution is -2.45. The molecule has 0 bridgehead atoms. The van der Waals surface area contributed by atoms with Crippen molar-refractivity contribution in [3.8, 4) is 12.3 Å². The van der Waals surface area contributed by atoms with Crippen molar-refractivity contribution >= 4 is 11.9 Å². The number of likely N-dealkylation sites (tertiary alicyclic amines) is 1. The molecule has 2 rings (SSSR count). The minimum atomic E-state index is -0.779. The minimum Gasteiger partial charge on any atom is -0.481 e. The third-order valence-corrected chi connectivity index (χ3v) is 4.53. The molecule has 0 saturated carbocycles. The standard InChI is InChI=1S/C15H21N3O3/c1-3-4-6-15(16-17-15)7-5-12(19)18-10-8-14(2,9-11-18)13(20)21/h1H,4-11H2,2H3,(H,20,21). The molecule has 21 heavy (non-hydrogen) atoms. The molecule has 1 amide bonds. The second kappa shape index (κ2) is 5.84. The van der Waals surface area contributed by atoms with Crippen molar-refractivity contribution in [2.24, 2.45) is 15.6 Å². The van der Waals surface area contributed by atoms with E-state index in [0.29, 0.717) is 51.6 Å². The van der Waals surface area contributed by atoms with Crippen molar-refractivity contribution in [2.75, 3.05) is 13.1 Å². The Kier molecular flexibility index (Phi) is 4.31. The molecule has 2 aliphatic rings. The van der Waals surface area contributed by atoms with Gasteiger partial charge >= 0.3 is 5.97 Å². The Morgan fingerprint density at radius 2 is 1.90 bits per heavy atom. The molecular weight excluding hydrogens is 270 g/mol. The van der Waals surface area contributed by atoms with E-state index in [1.54, 1.807) is 11.8 Å². The van der Waals surface area contributed by atoms with Crippen LogP contribution in [0.3, 0.4) is 0 Å². The number of carboxylic acids is 1. The molecule has 114 valence electrons. The average molecular weight is 291 g/mol. The maximum atomic E-state index is 12.2. The number of carboxylic acid groups (broad SMARTS) is 1. The van der Waals surface area contributed by atoms with Gasteiger partial charge in [0.15, 0.2) is 5.66 Å². The summed E-state index contributed by atoms with van der Waals surface area (Å²) in [6.07, 6.45) is 8.54. The van der Waals surface area contributed by atoms with E-state index in [2.05, 4.69) is 16.1 Å². The molecule has 0 aromatic carbocycles. The summed E-state index contributed by atoms with van der Waals surface area (Å²) in [5.74, 6) is 1.84. The molecular formula is C15H21N3O3. The number of nitrogens with zero attached hydrogens (tertiary/aromatic N) is 3. The van der Waals surface area contributed by atoms with E-state index in [1.807, 2.05) is 0 Å². The van der Waals surface area contributed by atoms with Gasteiger partial charge in [-0.3, -0.25) is 9.59 Å². The van der Waals surface area contributed by atoms with Crippen LogP contribution in [-0.2, 0) is 9.59 Å². The summed E-state index contributed by atoms with van der Waals surface area (Å²) < 4.78 is 0. The van der Waals surface area contributed by atoms with Gasteiger partial charge in [-0.05, 0) is 19.8 Å². The quantitative estimate of drug-likeness (QED) is 0.760. The van der Waals surface area contributed by atoms with E-state index in [1.165, 1.54) is 0 Å². The highest BCUT2D eigenvalue weighted by Gasteiger charge is 2.41. The molecule has 1 fully saturated rings. The fourth-order valence-corrected chi connectivity index (χ4v) is 2.60. The van der Waals surface area contributed by atoms with Gasteiger partial charge < -0.3 is 10.0 Å². The van der Waals surface area contributed by atoms with Crippen LogP contribution in [0.25, 0.3) is 0 Å². The second-order valence-corrected chi connectivity index (χ2v) is 6.13. The van der Waals surface area contributed by atoms with E-state index in [0.717, 1.165) is 0 Å². The van der Waals surface area contributed by atoms with Gasteiger partial charge in [0.05, 0.1) is 5.41 Å². The van der Waals surface area contributed by atoms with Gasteiger partial charge in [-0.2, -0.15) is 10.2 Å². The molecule has 0 radical (unpaired) electrons. The largest absolute Gasteiger partial charge is 0.481 e. The Balaban J connectivity index is 1.76. The first-order valence-electron chi connectivity index (χ1n) is 7.30. The van der Waals surface area contributed by atoms with Crippen molar-refractivity contribution in [3.05, 3.63) is 0 Å². The predicted molar refractivity (Wildman–Crippen MR) is 76.4 cm³/mol. The average Bonchev–Trinajstić information content (AvgIpc) is 3.24. The summed E-state index contributed by atoms with van der Waals surface area (Å²) in [5.41, 5.74) is -1.13. The lowest BCUT2D eigenvalue weighted by molar-refractivity contribution is -0.153. The van der Waals surface area contributed by atoms with Crippen LogP contribution < -0.4 is 0 Å². The van der Waals surface area contributed by atoms with Crippen LogP contribution in [0.1, 0.15) is 45.4 Å². The molecule has 6 nitrogen and oxygen atoms in total. The van der Waals surface area contributed by atoms with E-state index >= 15 is 0 Å². The molecule has 1 N–H and O–H groups in total. The topological polar surface area (TPSA) is 82.3 Å². The van der Waals surface area contributed by atoms with Gasteiger partial charge in [0.25, 0.3) is 0 Å². The number of terminal acetylenes is 1. The molecule has 0 atom stereocenters. The van der Waals surface area contributed by atoms with Crippen LogP contribution in [0.15, 0.2) is 10.2 Å². The van der Waals surface area contributed by atoms with E-state index < -0.39 is 17.0 Å². The van der Waals surface area contributed by atoms with E-state index in [4.69, 9.17) is 6.42 Å². The van der Waals surface area contributed by atoms with Crippen molar-refractivity contribution in [3.63, 3.8) is 0 Å². The van der Waals surface area contributed by atoms with Crippen LogP contribution in [0, 0.1) is 17.8 Å².